The molecule has 0 unspecified atom stereocenters. The van der Waals surface area contributed by atoms with Gasteiger partial charge in [-0.2, -0.15) is 18.3 Å². The molecular weight excluding hydrogens is 343 g/mol. The highest BCUT2D eigenvalue weighted by atomic mass is 19.4. The Bertz CT molecular complexity index is 852. The van der Waals surface area contributed by atoms with Gasteiger partial charge in [0.15, 0.2) is 11.5 Å². The molecule has 0 saturated carbocycles. The number of nitro groups is 1. The first-order valence-electron chi connectivity index (χ1n) is 6.89. The molecule has 0 amide bonds. The van der Waals surface area contributed by atoms with Gasteiger partial charge in [-0.3, -0.25) is 15.5 Å². The van der Waals surface area contributed by atoms with Crippen molar-refractivity contribution in [3.63, 3.8) is 0 Å². The van der Waals surface area contributed by atoms with E-state index in [0.717, 1.165) is 18.3 Å². The third-order valence-corrected chi connectivity index (χ3v) is 3.31. The van der Waals surface area contributed by atoms with E-state index in [0.29, 0.717) is 5.75 Å². The Labute approximate surface area is 138 Å². The number of halogens is 3. The lowest BCUT2D eigenvalue weighted by Crippen LogP contribution is -2.05. The van der Waals surface area contributed by atoms with Crippen molar-refractivity contribution in [3.8, 4) is 11.5 Å². The summed E-state index contributed by atoms with van der Waals surface area (Å²) in [4.78, 5) is 10.5. The highest BCUT2D eigenvalue weighted by Crippen LogP contribution is 2.37. The van der Waals surface area contributed by atoms with Crippen molar-refractivity contribution in [1.29, 1.82) is 0 Å². The minimum Gasteiger partial charge on any atom is -0.454 e. The van der Waals surface area contributed by atoms with Crippen LogP contribution in [0, 0.1) is 10.1 Å². The van der Waals surface area contributed by atoms with Gasteiger partial charge >= 0.3 is 6.18 Å². The van der Waals surface area contributed by atoms with Crippen LogP contribution in [0.25, 0.3) is 0 Å². The number of benzene rings is 2. The average Bonchev–Trinajstić information content (AvgIpc) is 3.01. The number of nitrogens with one attached hydrogen (secondary N) is 1. The quantitative estimate of drug-likeness (QED) is 0.513. The van der Waals surface area contributed by atoms with E-state index in [1.165, 1.54) is 24.3 Å². The summed E-state index contributed by atoms with van der Waals surface area (Å²) >= 11 is 0. The van der Waals surface area contributed by atoms with E-state index in [9.17, 15) is 23.3 Å². The highest BCUT2D eigenvalue weighted by Gasteiger charge is 2.30. The number of alkyl halides is 3. The second-order valence-corrected chi connectivity index (χ2v) is 4.97. The first-order valence-corrected chi connectivity index (χ1v) is 6.89. The molecule has 0 spiro atoms. The minimum absolute atomic E-state index is 0.0461. The number of hydrogen-bond acceptors (Lipinski definition) is 6. The van der Waals surface area contributed by atoms with Crippen molar-refractivity contribution in [1.82, 2.24) is 0 Å². The number of fused-ring (bicyclic) bond motifs is 1. The van der Waals surface area contributed by atoms with Crippen molar-refractivity contribution < 1.29 is 27.6 Å². The van der Waals surface area contributed by atoms with E-state index < -0.39 is 16.7 Å². The van der Waals surface area contributed by atoms with Crippen LogP contribution in [0.5, 0.6) is 11.5 Å². The second-order valence-electron chi connectivity index (χ2n) is 4.97. The average molecular weight is 353 g/mol. The zero-order valence-electron chi connectivity index (χ0n) is 12.4. The minimum atomic E-state index is -4.47. The van der Waals surface area contributed by atoms with Crippen LogP contribution in [0.4, 0.5) is 24.5 Å². The number of nitro benzene ring substituents is 1. The zero-order chi connectivity index (χ0) is 18.0. The molecule has 10 heteroatoms. The molecule has 7 nitrogen and oxygen atoms in total. The molecule has 1 aliphatic rings. The summed E-state index contributed by atoms with van der Waals surface area (Å²) in [6, 6.07) is 7.00. The normalized spacial score (nSPS) is 13.2. The number of hydrogen-bond donors (Lipinski definition) is 1. The maximum absolute atomic E-state index is 12.7. The van der Waals surface area contributed by atoms with Gasteiger partial charge in [0.2, 0.25) is 6.79 Å². The molecule has 2 aromatic carbocycles. The van der Waals surface area contributed by atoms with Gasteiger partial charge in [-0.05, 0) is 24.3 Å². The van der Waals surface area contributed by atoms with E-state index in [-0.39, 0.29) is 29.5 Å². The Hall–Kier alpha value is -3.30. The van der Waals surface area contributed by atoms with E-state index in [4.69, 9.17) is 9.47 Å². The fraction of sp³-hybridized carbons (Fsp3) is 0.133. The summed E-state index contributed by atoms with van der Waals surface area (Å²) in [6.07, 6.45) is -3.35. The molecule has 1 heterocycles. The molecule has 0 bridgehead atoms. The molecule has 3 rings (SSSR count). The maximum Gasteiger partial charge on any atom is 0.416 e. The zero-order valence-corrected chi connectivity index (χ0v) is 12.4. The van der Waals surface area contributed by atoms with Crippen LogP contribution in [0.15, 0.2) is 41.5 Å². The SMILES string of the molecule is O=[N+]([O-])c1cc2c(cc1C=NNc1cccc(C(F)(F)F)c1)OCO2. The highest BCUT2D eigenvalue weighted by molar-refractivity contribution is 5.87. The summed E-state index contributed by atoms with van der Waals surface area (Å²) in [7, 11) is 0. The van der Waals surface area contributed by atoms with Crippen molar-refractivity contribution in [2.75, 3.05) is 12.2 Å². The molecule has 0 radical (unpaired) electrons. The van der Waals surface area contributed by atoms with Crippen molar-refractivity contribution in [2.24, 2.45) is 5.10 Å². The molecule has 0 saturated heterocycles. The first-order chi connectivity index (χ1) is 11.8. The molecule has 2 aromatic rings. The van der Waals surface area contributed by atoms with Gasteiger partial charge in [-0.25, -0.2) is 0 Å². The second kappa shape index (κ2) is 6.30. The van der Waals surface area contributed by atoms with Gasteiger partial charge in [-0.15, -0.1) is 0 Å². The topological polar surface area (TPSA) is 86.0 Å². The number of nitrogens with zero attached hydrogens (tertiary/aromatic N) is 2. The first kappa shape index (κ1) is 16.6. The Balaban J connectivity index is 1.82. The van der Waals surface area contributed by atoms with E-state index in [2.05, 4.69) is 10.5 Å². The molecule has 0 aromatic heterocycles. The number of ether oxygens (including phenoxy) is 2. The molecule has 1 N–H and O–H groups in total. The molecule has 25 heavy (non-hydrogen) atoms. The third-order valence-electron chi connectivity index (χ3n) is 3.31. The van der Waals surface area contributed by atoms with Crippen LogP contribution < -0.4 is 14.9 Å². The van der Waals surface area contributed by atoms with Crippen LogP contribution in [-0.4, -0.2) is 17.9 Å². The lowest BCUT2D eigenvalue weighted by atomic mass is 10.1. The Morgan fingerprint density at radius 2 is 1.92 bits per heavy atom. The summed E-state index contributed by atoms with van der Waals surface area (Å²) in [5.74, 6) is 0.570. The van der Waals surface area contributed by atoms with Gasteiger partial charge in [0.05, 0.1) is 34.0 Å². The van der Waals surface area contributed by atoms with Gasteiger partial charge in [0, 0.05) is 0 Å². The molecule has 0 fully saturated rings. The standard InChI is InChI=1S/C15H10F3N3O4/c16-15(17,18)10-2-1-3-11(5-10)20-19-7-9-4-13-14(25-8-24-13)6-12(9)21(22)23/h1-7,20H,8H2. The Morgan fingerprint density at radius 1 is 1.20 bits per heavy atom. The van der Waals surface area contributed by atoms with Crippen molar-refractivity contribution in [2.45, 2.75) is 6.18 Å². The van der Waals surface area contributed by atoms with Gasteiger partial charge < -0.3 is 9.47 Å². The smallest absolute Gasteiger partial charge is 0.416 e. The van der Waals surface area contributed by atoms with Crippen LogP contribution in [0.1, 0.15) is 11.1 Å². The molecular formula is C15H10F3N3O4. The summed E-state index contributed by atoms with van der Waals surface area (Å²) in [5, 5.41) is 14.9. The summed E-state index contributed by atoms with van der Waals surface area (Å²) in [5.41, 5.74) is 1.53. The Morgan fingerprint density at radius 3 is 2.60 bits per heavy atom. The van der Waals surface area contributed by atoms with Crippen LogP contribution in [-0.2, 0) is 6.18 Å². The molecule has 0 aliphatic carbocycles. The largest absolute Gasteiger partial charge is 0.454 e. The number of rotatable bonds is 4. The fourth-order valence-corrected chi connectivity index (χ4v) is 2.15. The number of hydrazone groups is 1. The summed E-state index contributed by atoms with van der Waals surface area (Å²) in [6.45, 7) is -0.0461. The fourth-order valence-electron chi connectivity index (χ4n) is 2.15. The van der Waals surface area contributed by atoms with Crippen molar-refractivity contribution >= 4 is 17.6 Å². The van der Waals surface area contributed by atoms with E-state index in [1.54, 1.807) is 0 Å². The van der Waals surface area contributed by atoms with Crippen LogP contribution >= 0.6 is 0 Å². The third kappa shape index (κ3) is 3.62. The Kier molecular flexibility index (Phi) is 4.17. The lowest BCUT2D eigenvalue weighted by molar-refractivity contribution is -0.385. The molecule has 0 atom stereocenters. The van der Waals surface area contributed by atoms with Gasteiger partial charge in [-0.1, -0.05) is 6.07 Å². The van der Waals surface area contributed by atoms with E-state index >= 15 is 0 Å². The van der Waals surface area contributed by atoms with Crippen LogP contribution in [0.3, 0.4) is 0 Å². The lowest BCUT2D eigenvalue weighted by Gasteiger charge is -2.08. The van der Waals surface area contributed by atoms with Gasteiger partial charge in [0.25, 0.3) is 5.69 Å². The molecule has 130 valence electrons. The van der Waals surface area contributed by atoms with Crippen molar-refractivity contribution in [3.05, 3.63) is 57.6 Å². The summed E-state index contributed by atoms with van der Waals surface area (Å²) < 4.78 is 48.2. The van der Waals surface area contributed by atoms with Gasteiger partial charge in [0.1, 0.15) is 0 Å². The van der Waals surface area contributed by atoms with Crippen LogP contribution in [0.2, 0.25) is 0 Å². The predicted octanol–water partition coefficient (Wildman–Crippen LogP) is 3.79. The molecule has 1 aliphatic heterocycles. The maximum atomic E-state index is 12.7. The number of anilines is 1. The van der Waals surface area contributed by atoms with E-state index in [1.807, 2.05) is 0 Å². The predicted molar refractivity (Wildman–Crippen MR) is 81.9 cm³/mol. The monoisotopic (exact) mass is 353 g/mol.